The molecule has 0 bridgehead atoms. The molecule has 0 spiro atoms. The van der Waals surface area contributed by atoms with Gasteiger partial charge in [0.1, 0.15) is 5.75 Å². The minimum absolute atomic E-state index is 0.00805. The van der Waals surface area contributed by atoms with Gasteiger partial charge in [-0.3, -0.25) is 4.79 Å². The number of rotatable bonds is 7. The van der Waals surface area contributed by atoms with Gasteiger partial charge in [-0.05, 0) is 74.9 Å². The van der Waals surface area contributed by atoms with E-state index in [0.717, 1.165) is 35.3 Å². The van der Waals surface area contributed by atoms with Gasteiger partial charge in [-0.2, -0.15) is 0 Å². The van der Waals surface area contributed by atoms with Crippen molar-refractivity contribution < 1.29 is 9.53 Å². The Morgan fingerprint density at radius 1 is 1.04 bits per heavy atom. The minimum Gasteiger partial charge on any atom is -0.494 e. The lowest BCUT2D eigenvalue weighted by Gasteiger charge is -2.12. The highest BCUT2D eigenvalue weighted by molar-refractivity contribution is 5.95. The summed E-state index contributed by atoms with van der Waals surface area (Å²) >= 11 is 0. The molecule has 128 valence electrons. The fraction of sp³-hybridized carbons (Fsp3) is 0.381. The van der Waals surface area contributed by atoms with Crippen molar-refractivity contribution in [1.82, 2.24) is 5.32 Å². The van der Waals surface area contributed by atoms with Crippen LogP contribution in [0.2, 0.25) is 0 Å². The van der Waals surface area contributed by atoms with E-state index in [4.69, 9.17) is 4.74 Å². The van der Waals surface area contributed by atoms with E-state index in [0.29, 0.717) is 13.2 Å². The quantitative estimate of drug-likeness (QED) is 0.768. The third-order valence-electron chi connectivity index (χ3n) is 4.27. The maximum absolute atomic E-state index is 12.4. The summed E-state index contributed by atoms with van der Waals surface area (Å²) in [5.74, 6) is 0.949. The van der Waals surface area contributed by atoms with Crippen LogP contribution in [0.4, 0.5) is 0 Å². The molecule has 0 aromatic heterocycles. The molecule has 1 N–H and O–H groups in total. The maximum Gasteiger partial charge on any atom is 0.251 e. The van der Waals surface area contributed by atoms with Gasteiger partial charge in [-0.1, -0.05) is 24.3 Å². The molecule has 0 saturated carbocycles. The number of carbonyl (C=O) groups is 1. The standard InChI is InChI=1S/C21H27NO2/c1-5-24-20-11-7-6-9-18(20)10-8-12-22-21(23)19-14-16(3)15(2)13-17(19)4/h6-7,9,11,13-14H,5,8,10,12H2,1-4H3,(H,22,23). The zero-order valence-corrected chi connectivity index (χ0v) is 15.1. The van der Waals surface area contributed by atoms with Crippen molar-refractivity contribution in [1.29, 1.82) is 0 Å². The van der Waals surface area contributed by atoms with Crippen LogP contribution in [0.3, 0.4) is 0 Å². The van der Waals surface area contributed by atoms with Crippen molar-refractivity contribution in [3.8, 4) is 5.75 Å². The van der Waals surface area contributed by atoms with Gasteiger partial charge in [0, 0.05) is 12.1 Å². The Labute approximate surface area is 145 Å². The second-order valence-corrected chi connectivity index (χ2v) is 6.15. The molecule has 2 aromatic rings. The molecule has 0 saturated heterocycles. The number of amides is 1. The Balaban J connectivity index is 1.89. The summed E-state index contributed by atoms with van der Waals surface area (Å²) in [5.41, 5.74) is 5.36. The normalized spacial score (nSPS) is 10.5. The molecule has 2 rings (SSSR count). The van der Waals surface area contributed by atoms with E-state index in [1.54, 1.807) is 0 Å². The van der Waals surface area contributed by atoms with Crippen LogP contribution in [0.15, 0.2) is 36.4 Å². The van der Waals surface area contributed by atoms with Gasteiger partial charge < -0.3 is 10.1 Å². The number of ether oxygens (including phenoxy) is 1. The molecule has 3 heteroatoms. The Kier molecular flexibility index (Phi) is 6.42. The summed E-state index contributed by atoms with van der Waals surface area (Å²) < 4.78 is 5.64. The lowest BCUT2D eigenvalue weighted by molar-refractivity contribution is 0.0952. The van der Waals surface area contributed by atoms with Crippen LogP contribution in [0.5, 0.6) is 5.75 Å². The summed E-state index contributed by atoms with van der Waals surface area (Å²) in [4.78, 5) is 12.4. The largest absolute Gasteiger partial charge is 0.494 e. The molecule has 0 unspecified atom stereocenters. The highest BCUT2D eigenvalue weighted by Gasteiger charge is 2.10. The molecule has 0 aliphatic heterocycles. The number of para-hydroxylation sites is 1. The molecule has 0 atom stereocenters. The van der Waals surface area contributed by atoms with Crippen molar-refractivity contribution in [3.63, 3.8) is 0 Å². The average Bonchev–Trinajstić information content (AvgIpc) is 2.56. The van der Waals surface area contributed by atoms with E-state index in [2.05, 4.69) is 24.4 Å². The van der Waals surface area contributed by atoms with E-state index in [1.165, 1.54) is 11.1 Å². The monoisotopic (exact) mass is 325 g/mol. The van der Waals surface area contributed by atoms with E-state index in [-0.39, 0.29) is 5.91 Å². The van der Waals surface area contributed by atoms with Gasteiger partial charge >= 0.3 is 0 Å². The third-order valence-corrected chi connectivity index (χ3v) is 4.27. The Bertz CT molecular complexity index is 707. The van der Waals surface area contributed by atoms with Crippen molar-refractivity contribution in [2.75, 3.05) is 13.2 Å². The molecule has 1 amide bonds. The fourth-order valence-corrected chi connectivity index (χ4v) is 2.79. The van der Waals surface area contributed by atoms with E-state index in [9.17, 15) is 4.79 Å². The Morgan fingerprint density at radius 3 is 2.50 bits per heavy atom. The SMILES string of the molecule is CCOc1ccccc1CCCNC(=O)c1cc(C)c(C)cc1C. The van der Waals surface area contributed by atoms with Gasteiger partial charge in [0.25, 0.3) is 5.91 Å². The van der Waals surface area contributed by atoms with Gasteiger partial charge in [0.2, 0.25) is 0 Å². The van der Waals surface area contributed by atoms with Gasteiger partial charge in [0.05, 0.1) is 6.61 Å². The molecular weight excluding hydrogens is 298 g/mol. The maximum atomic E-state index is 12.4. The highest BCUT2D eigenvalue weighted by Crippen LogP contribution is 2.19. The Hall–Kier alpha value is -2.29. The van der Waals surface area contributed by atoms with Gasteiger partial charge in [0.15, 0.2) is 0 Å². The van der Waals surface area contributed by atoms with Crippen LogP contribution < -0.4 is 10.1 Å². The second-order valence-electron chi connectivity index (χ2n) is 6.15. The average molecular weight is 325 g/mol. The van der Waals surface area contributed by atoms with Crippen LogP contribution in [0, 0.1) is 20.8 Å². The van der Waals surface area contributed by atoms with Crippen LogP contribution >= 0.6 is 0 Å². The zero-order valence-electron chi connectivity index (χ0n) is 15.1. The van der Waals surface area contributed by atoms with Crippen molar-refractivity contribution in [3.05, 3.63) is 64.2 Å². The fourth-order valence-electron chi connectivity index (χ4n) is 2.79. The molecule has 0 radical (unpaired) electrons. The molecule has 2 aromatic carbocycles. The van der Waals surface area contributed by atoms with E-state index >= 15 is 0 Å². The number of benzene rings is 2. The summed E-state index contributed by atoms with van der Waals surface area (Å²) in [7, 11) is 0. The van der Waals surface area contributed by atoms with E-state index in [1.807, 2.05) is 45.0 Å². The van der Waals surface area contributed by atoms with Gasteiger partial charge in [-0.25, -0.2) is 0 Å². The summed E-state index contributed by atoms with van der Waals surface area (Å²) in [6.07, 6.45) is 1.78. The highest BCUT2D eigenvalue weighted by atomic mass is 16.5. The number of nitrogens with one attached hydrogen (secondary N) is 1. The zero-order chi connectivity index (χ0) is 17.5. The van der Waals surface area contributed by atoms with Crippen molar-refractivity contribution in [2.24, 2.45) is 0 Å². The van der Waals surface area contributed by atoms with Crippen molar-refractivity contribution >= 4 is 5.91 Å². The molecule has 0 aliphatic carbocycles. The smallest absolute Gasteiger partial charge is 0.251 e. The van der Waals surface area contributed by atoms with Crippen LogP contribution in [-0.2, 0) is 6.42 Å². The molecule has 24 heavy (non-hydrogen) atoms. The number of hydrogen-bond acceptors (Lipinski definition) is 2. The summed E-state index contributed by atoms with van der Waals surface area (Å²) in [6.45, 7) is 9.41. The van der Waals surface area contributed by atoms with Crippen molar-refractivity contribution in [2.45, 2.75) is 40.5 Å². The second kappa shape index (κ2) is 8.53. The molecule has 0 aliphatic rings. The van der Waals surface area contributed by atoms with Gasteiger partial charge in [-0.15, -0.1) is 0 Å². The van der Waals surface area contributed by atoms with E-state index < -0.39 is 0 Å². The number of carbonyl (C=O) groups excluding carboxylic acids is 1. The Morgan fingerprint density at radius 2 is 1.75 bits per heavy atom. The van der Waals surface area contributed by atoms with Crippen LogP contribution in [0.1, 0.15) is 46.0 Å². The lowest BCUT2D eigenvalue weighted by atomic mass is 10.0. The molecule has 3 nitrogen and oxygen atoms in total. The molecule has 0 heterocycles. The predicted molar refractivity (Wildman–Crippen MR) is 98.9 cm³/mol. The third kappa shape index (κ3) is 4.60. The van der Waals surface area contributed by atoms with Crippen LogP contribution in [0.25, 0.3) is 0 Å². The first-order chi connectivity index (χ1) is 11.5. The topological polar surface area (TPSA) is 38.3 Å². The number of hydrogen-bond donors (Lipinski definition) is 1. The first-order valence-electron chi connectivity index (χ1n) is 8.59. The first-order valence-corrected chi connectivity index (χ1v) is 8.59. The molecular formula is C21H27NO2. The minimum atomic E-state index is 0.00805. The first kappa shape index (κ1) is 18.1. The summed E-state index contributed by atoms with van der Waals surface area (Å²) in [5, 5.41) is 3.03. The lowest BCUT2D eigenvalue weighted by Crippen LogP contribution is -2.25. The number of aryl methyl sites for hydroxylation is 4. The predicted octanol–water partition coefficient (Wildman–Crippen LogP) is 4.37. The molecule has 0 fully saturated rings. The summed E-state index contributed by atoms with van der Waals surface area (Å²) in [6, 6.07) is 12.1. The van der Waals surface area contributed by atoms with Crippen LogP contribution in [-0.4, -0.2) is 19.1 Å².